The molecule has 0 aliphatic carbocycles. The van der Waals surface area contributed by atoms with Crippen LogP contribution >= 0.6 is 0 Å². The van der Waals surface area contributed by atoms with Crippen molar-refractivity contribution >= 4 is 16.7 Å². The Bertz CT molecular complexity index is 1030. The topological polar surface area (TPSA) is 27.5 Å². The van der Waals surface area contributed by atoms with Crippen LogP contribution in [0.4, 0.5) is 14.5 Å². The molecule has 31 heavy (non-hydrogen) atoms. The van der Waals surface area contributed by atoms with Gasteiger partial charge in [-0.05, 0) is 57.2 Å². The minimum Gasteiger partial charge on any atom is -0.369 e. The fraction of sp³-hybridized carbons (Fsp3) is 0.458. The average molecular weight is 426 g/mol. The summed E-state index contributed by atoms with van der Waals surface area (Å²) in [4.78, 5) is 11.9. The molecule has 0 N–H and O–H groups in total. The molecule has 0 radical (unpaired) electrons. The van der Waals surface area contributed by atoms with Crippen molar-refractivity contribution in [3.63, 3.8) is 0 Å². The fourth-order valence-electron chi connectivity index (χ4n) is 4.99. The maximum Gasteiger partial charge on any atom is 0.320 e. The first-order chi connectivity index (χ1) is 15.1. The van der Waals surface area contributed by atoms with Gasteiger partial charge in [-0.3, -0.25) is 9.47 Å². The Kier molecular flexibility index (Phi) is 5.63. The standard InChI is InChI=1S/C24H29F2N5/c1-28-11-9-19(10-12-28)29-13-15-30(16-14-29)20-6-4-5-18(17-20)23-27-21-7-2-3-8-22(21)31(23)24(25)26/h2-8,17,19,24H,9-16H2,1H3. The number of halogens is 2. The van der Waals surface area contributed by atoms with Crippen LogP contribution in [0.5, 0.6) is 0 Å². The van der Waals surface area contributed by atoms with Crippen LogP contribution in [0.1, 0.15) is 19.4 Å². The lowest BCUT2D eigenvalue weighted by Gasteiger charge is -2.43. The summed E-state index contributed by atoms with van der Waals surface area (Å²) in [5.74, 6) is 0.322. The minimum absolute atomic E-state index is 0.322. The van der Waals surface area contributed by atoms with Gasteiger partial charge in [0.25, 0.3) is 0 Å². The molecule has 0 amide bonds. The summed E-state index contributed by atoms with van der Waals surface area (Å²) in [5, 5.41) is 0. The first-order valence-corrected chi connectivity index (χ1v) is 11.1. The summed E-state index contributed by atoms with van der Waals surface area (Å²) < 4.78 is 28.8. The summed E-state index contributed by atoms with van der Waals surface area (Å²) in [5.41, 5.74) is 2.86. The van der Waals surface area contributed by atoms with Gasteiger partial charge in [0.1, 0.15) is 5.82 Å². The van der Waals surface area contributed by atoms with Gasteiger partial charge in [0.05, 0.1) is 11.0 Å². The fourth-order valence-corrected chi connectivity index (χ4v) is 4.99. The lowest BCUT2D eigenvalue weighted by atomic mass is 10.0. The highest BCUT2D eigenvalue weighted by Crippen LogP contribution is 2.32. The van der Waals surface area contributed by atoms with Gasteiger partial charge in [-0.15, -0.1) is 0 Å². The third-order valence-electron chi connectivity index (χ3n) is 6.78. The number of fused-ring (bicyclic) bond motifs is 1. The second kappa shape index (κ2) is 8.55. The molecule has 7 heteroatoms. The summed E-state index contributed by atoms with van der Waals surface area (Å²) in [6.07, 6.45) is 2.49. The molecule has 0 bridgehead atoms. The van der Waals surface area contributed by atoms with E-state index in [0.29, 0.717) is 22.9 Å². The molecule has 5 nitrogen and oxygen atoms in total. The first-order valence-electron chi connectivity index (χ1n) is 11.1. The second-order valence-corrected chi connectivity index (χ2v) is 8.68. The molecular weight excluding hydrogens is 396 g/mol. The zero-order valence-corrected chi connectivity index (χ0v) is 17.9. The van der Waals surface area contributed by atoms with E-state index in [-0.39, 0.29) is 0 Å². The average Bonchev–Trinajstić information content (AvgIpc) is 3.20. The summed E-state index contributed by atoms with van der Waals surface area (Å²) in [6.45, 7) is 3.74. The molecule has 0 unspecified atom stereocenters. The van der Waals surface area contributed by atoms with Gasteiger partial charge < -0.3 is 9.80 Å². The van der Waals surface area contributed by atoms with E-state index in [0.717, 1.165) is 42.0 Å². The Morgan fingerprint density at radius 1 is 0.903 bits per heavy atom. The third-order valence-corrected chi connectivity index (χ3v) is 6.78. The molecule has 3 heterocycles. The number of anilines is 1. The number of hydrogen-bond acceptors (Lipinski definition) is 4. The van der Waals surface area contributed by atoms with Crippen LogP contribution in [0.25, 0.3) is 22.4 Å². The van der Waals surface area contributed by atoms with Gasteiger partial charge in [-0.2, -0.15) is 8.78 Å². The zero-order chi connectivity index (χ0) is 21.4. The molecular formula is C24H29F2N5. The molecule has 0 atom stereocenters. The number of hydrogen-bond donors (Lipinski definition) is 0. The van der Waals surface area contributed by atoms with Crippen molar-refractivity contribution in [1.82, 2.24) is 19.4 Å². The monoisotopic (exact) mass is 425 g/mol. The maximum absolute atomic E-state index is 13.9. The molecule has 5 rings (SSSR count). The van der Waals surface area contributed by atoms with E-state index in [2.05, 4.69) is 32.8 Å². The lowest BCUT2D eigenvalue weighted by Crippen LogP contribution is -2.53. The highest BCUT2D eigenvalue weighted by atomic mass is 19.3. The minimum atomic E-state index is -2.64. The van der Waals surface area contributed by atoms with Crippen LogP contribution in [-0.2, 0) is 0 Å². The van der Waals surface area contributed by atoms with Crippen molar-refractivity contribution in [3.8, 4) is 11.4 Å². The number of nitrogens with zero attached hydrogens (tertiary/aromatic N) is 5. The number of aromatic nitrogens is 2. The molecule has 0 saturated carbocycles. The Morgan fingerprint density at radius 2 is 1.65 bits per heavy atom. The van der Waals surface area contributed by atoms with Crippen LogP contribution in [0, 0.1) is 0 Å². The number of benzene rings is 2. The van der Waals surface area contributed by atoms with E-state index >= 15 is 0 Å². The molecule has 2 aromatic carbocycles. The Labute approximate surface area is 181 Å². The van der Waals surface area contributed by atoms with E-state index in [4.69, 9.17) is 0 Å². The molecule has 2 aliphatic rings. The van der Waals surface area contributed by atoms with Crippen molar-refractivity contribution in [1.29, 1.82) is 0 Å². The highest BCUT2D eigenvalue weighted by Gasteiger charge is 2.27. The molecule has 2 fully saturated rings. The van der Waals surface area contributed by atoms with Crippen LogP contribution in [0.2, 0.25) is 0 Å². The summed E-state index contributed by atoms with van der Waals surface area (Å²) in [6, 6.07) is 15.7. The predicted molar refractivity (Wildman–Crippen MR) is 121 cm³/mol. The van der Waals surface area contributed by atoms with Crippen molar-refractivity contribution in [2.75, 3.05) is 51.2 Å². The highest BCUT2D eigenvalue weighted by molar-refractivity contribution is 5.81. The molecule has 0 spiro atoms. The van der Waals surface area contributed by atoms with Crippen molar-refractivity contribution in [2.45, 2.75) is 25.4 Å². The summed E-state index contributed by atoms with van der Waals surface area (Å²) in [7, 11) is 2.20. The number of likely N-dealkylation sites (tertiary alicyclic amines) is 1. The van der Waals surface area contributed by atoms with E-state index in [1.165, 1.54) is 25.9 Å². The second-order valence-electron chi connectivity index (χ2n) is 8.68. The largest absolute Gasteiger partial charge is 0.369 e. The number of imidazole rings is 1. The first kappa shape index (κ1) is 20.4. The molecule has 164 valence electrons. The van der Waals surface area contributed by atoms with Crippen molar-refractivity contribution < 1.29 is 8.78 Å². The van der Waals surface area contributed by atoms with Crippen LogP contribution < -0.4 is 4.90 Å². The number of para-hydroxylation sites is 2. The number of piperazine rings is 1. The van der Waals surface area contributed by atoms with Crippen LogP contribution in [-0.4, -0.2) is 71.7 Å². The van der Waals surface area contributed by atoms with Crippen molar-refractivity contribution in [2.24, 2.45) is 0 Å². The van der Waals surface area contributed by atoms with Gasteiger partial charge in [0, 0.05) is 43.5 Å². The Morgan fingerprint density at radius 3 is 2.39 bits per heavy atom. The SMILES string of the molecule is CN1CCC(N2CCN(c3cccc(-c4nc5ccccc5n4C(F)F)c3)CC2)CC1. The quantitative estimate of drug-likeness (QED) is 0.623. The Hall–Kier alpha value is -2.51. The van der Waals surface area contributed by atoms with Crippen molar-refractivity contribution in [3.05, 3.63) is 48.5 Å². The number of rotatable bonds is 4. The van der Waals surface area contributed by atoms with Crippen LogP contribution in [0.3, 0.4) is 0 Å². The van der Waals surface area contributed by atoms with Crippen LogP contribution in [0.15, 0.2) is 48.5 Å². The zero-order valence-electron chi connectivity index (χ0n) is 17.9. The van der Waals surface area contributed by atoms with Gasteiger partial charge >= 0.3 is 6.55 Å². The molecule has 1 aromatic heterocycles. The summed E-state index contributed by atoms with van der Waals surface area (Å²) >= 11 is 0. The number of alkyl halides is 2. The maximum atomic E-state index is 13.9. The van der Waals surface area contributed by atoms with Gasteiger partial charge in [-0.25, -0.2) is 4.98 Å². The van der Waals surface area contributed by atoms with Gasteiger partial charge in [0.15, 0.2) is 0 Å². The van der Waals surface area contributed by atoms with E-state index < -0.39 is 6.55 Å². The normalized spacial score (nSPS) is 19.5. The molecule has 2 saturated heterocycles. The van der Waals surface area contributed by atoms with Gasteiger partial charge in [0.2, 0.25) is 0 Å². The smallest absolute Gasteiger partial charge is 0.320 e. The lowest BCUT2D eigenvalue weighted by molar-refractivity contribution is 0.0764. The third kappa shape index (κ3) is 4.04. The predicted octanol–water partition coefficient (Wildman–Crippen LogP) is 4.31. The Balaban J connectivity index is 1.35. The van der Waals surface area contributed by atoms with E-state index in [1.54, 1.807) is 18.2 Å². The molecule has 3 aromatic rings. The molecule has 2 aliphatic heterocycles. The van der Waals surface area contributed by atoms with E-state index in [9.17, 15) is 8.78 Å². The van der Waals surface area contributed by atoms with E-state index in [1.807, 2.05) is 24.3 Å². The number of piperidine rings is 1. The van der Waals surface area contributed by atoms with Gasteiger partial charge in [-0.1, -0.05) is 24.3 Å².